The summed E-state index contributed by atoms with van der Waals surface area (Å²) in [5.74, 6) is -0.126. The van der Waals surface area contributed by atoms with Gasteiger partial charge < -0.3 is 5.32 Å². The Morgan fingerprint density at radius 2 is 1.84 bits per heavy atom. The van der Waals surface area contributed by atoms with Crippen LogP contribution in [-0.4, -0.2) is 34.9 Å². The maximum atomic E-state index is 12.8. The highest BCUT2D eigenvalue weighted by atomic mass is 32.2. The van der Waals surface area contributed by atoms with Crippen LogP contribution in [0.5, 0.6) is 0 Å². The maximum Gasteiger partial charge on any atom is 0.433 e. The molecular weight excluding hydrogens is 525 g/mol. The number of halogens is 3. The Morgan fingerprint density at radius 3 is 2.41 bits per heavy atom. The number of rotatable bonds is 8. The molecule has 198 valence electrons. The first-order chi connectivity index (χ1) is 17.4. The fourth-order valence-corrected chi connectivity index (χ4v) is 6.24. The van der Waals surface area contributed by atoms with Crippen molar-refractivity contribution in [2.45, 2.75) is 57.5 Å². The Labute approximate surface area is 217 Å². The minimum Gasteiger partial charge on any atom is -0.346 e. The molecule has 1 N–H and O–H groups in total. The fraction of sp³-hybridized carbons (Fsp3) is 0.400. The number of carbonyl (C=O) groups is 1. The van der Waals surface area contributed by atoms with E-state index in [0.29, 0.717) is 23.7 Å². The summed E-state index contributed by atoms with van der Waals surface area (Å²) in [5.41, 5.74) is 1.34. The standard InChI is InChI=1S/C25H27F3N4O3S2/c1-4-37(34,35)18-8-5-16(6-9-18)11-30-23(33)24-31-21-19(36-24)14-32(22(21)15(2)3)13-17-7-10-20(29-12-17)25(26,27)28/h5-10,12,15,22H,4,11,13-14H2,1-3H3,(H,30,33)/t22-/m0/s1. The van der Waals surface area contributed by atoms with Crippen molar-refractivity contribution < 1.29 is 26.4 Å². The second kappa shape index (κ2) is 10.5. The van der Waals surface area contributed by atoms with E-state index < -0.39 is 21.7 Å². The second-order valence-corrected chi connectivity index (χ2v) is 12.6. The average Bonchev–Trinajstić information content (AvgIpc) is 3.40. The number of benzene rings is 1. The molecular formula is C25H27F3N4O3S2. The van der Waals surface area contributed by atoms with Gasteiger partial charge in [-0.25, -0.2) is 13.4 Å². The summed E-state index contributed by atoms with van der Waals surface area (Å²) in [6.07, 6.45) is -3.22. The smallest absolute Gasteiger partial charge is 0.346 e. The average molecular weight is 553 g/mol. The van der Waals surface area contributed by atoms with E-state index in [0.717, 1.165) is 22.2 Å². The summed E-state index contributed by atoms with van der Waals surface area (Å²) in [6.45, 7) is 6.86. The summed E-state index contributed by atoms with van der Waals surface area (Å²) < 4.78 is 62.4. The summed E-state index contributed by atoms with van der Waals surface area (Å²) in [7, 11) is -3.28. The van der Waals surface area contributed by atoms with Gasteiger partial charge in [-0.1, -0.05) is 39.0 Å². The van der Waals surface area contributed by atoms with Crippen molar-refractivity contribution in [3.05, 3.63) is 75.0 Å². The molecule has 0 saturated carbocycles. The lowest BCUT2D eigenvalue weighted by Crippen LogP contribution is -2.27. The molecule has 37 heavy (non-hydrogen) atoms. The van der Waals surface area contributed by atoms with Crippen LogP contribution in [0.3, 0.4) is 0 Å². The molecule has 4 rings (SSSR count). The van der Waals surface area contributed by atoms with Gasteiger partial charge in [-0.3, -0.25) is 14.7 Å². The molecule has 0 radical (unpaired) electrons. The van der Waals surface area contributed by atoms with Gasteiger partial charge in [-0.15, -0.1) is 11.3 Å². The Morgan fingerprint density at radius 1 is 1.16 bits per heavy atom. The lowest BCUT2D eigenvalue weighted by atomic mass is 10.0. The quantitative estimate of drug-likeness (QED) is 0.423. The van der Waals surface area contributed by atoms with E-state index in [4.69, 9.17) is 0 Å². The summed E-state index contributed by atoms with van der Waals surface area (Å²) >= 11 is 1.31. The van der Waals surface area contributed by atoms with Crippen LogP contribution in [0.25, 0.3) is 0 Å². The van der Waals surface area contributed by atoms with E-state index in [1.54, 1.807) is 19.1 Å². The molecule has 0 bridgehead atoms. The Kier molecular flexibility index (Phi) is 7.72. The van der Waals surface area contributed by atoms with Crippen molar-refractivity contribution in [3.63, 3.8) is 0 Å². The first-order valence-electron chi connectivity index (χ1n) is 11.7. The number of pyridine rings is 1. The zero-order valence-corrected chi connectivity index (χ0v) is 22.2. The van der Waals surface area contributed by atoms with Crippen LogP contribution in [0.15, 0.2) is 47.5 Å². The largest absolute Gasteiger partial charge is 0.433 e. The molecule has 0 aliphatic carbocycles. The topological polar surface area (TPSA) is 92.3 Å². The van der Waals surface area contributed by atoms with Gasteiger partial charge in [0.2, 0.25) is 0 Å². The predicted molar refractivity (Wildman–Crippen MR) is 134 cm³/mol. The van der Waals surface area contributed by atoms with Gasteiger partial charge >= 0.3 is 6.18 Å². The molecule has 0 fully saturated rings. The number of aromatic nitrogens is 2. The third kappa shape index (κ3) is 6.02. The lowest BCUT2D eigenvalue weighted by Gasteiger charge is -2.27. The van der Waals surface area contributed by atoms with Gasteiger partial charge in [-0.2, -0.15) is 13.2 Å². The van der Waals surface area contributed by atoms with E-state index in [-0.39, 0.29) is 35.1 Å². The van der Waals surface area contributed by atoms with Crippen LogP contribution in [0.1, 0.15) is 64.0 Å². The molecule has 7 nitrogen and oxygen atoms in total. The Hall–Kier alpha value is -2.83. The van der Waals surface area contributed by atoms with Crippen molar-refractivity contribution in [2.75, 3.05) is 5.75 Å². The van der Waals surface area contributed by atoms with E-state index in [2.05, 4.69) is 20.2 Å². The number of sulfone groups is 1. The van der Waals surface area contributed by atoms with E-state index in [1.807, 2.05) is 13.8 Å². The molecule has 1 atom stereocenters. The number of nitrogens with one attached hydrogen (secondary N) is 1. The van der Waals surface area contributed by atoms with Gasteiger partial charge in [0.1, 0.15) is 5.69 Å². The van der Waals surface area contributed by atoms with Crippen LogP contribution in [-0.2, 0) is 35.6 Å². The maximum absolute atomic E-state index is 12.8. The van der Waals surface area contributed by atoms with E-state index in [9.17, 15) is 26.4 Å². The highest BCUT2D eigenvalue weighted by Crippen LogP contribution is 2.41. The number of hydrogen-bond acceptors (Lipinski definition) is 7. The summed E-state index contributed by atoms with van der Waals surface area (Å²) in [6, 6.07) is 8.76. The summed E-state index contributed by atoms with van der Waals surface area (Å²) in [4.78, 5) is 24.3. The number of alkyl halides is 3. The van der Waals surface area contributed by atoms with Crippen LogP contribution in [0.2, 0.25) is 0 Å². The number of fused-ring (bicyclic) bond motifs is 1. The molecule has 3 aromatic rings. The normalized spacial score (nSPS) is 16.2. The third-order valence-corrected chi connectivity index (χ3v) is 9.00. The predicted octanol–water partition coefficient (Wildman–Crippen LogP) is 4.99. The number of carbonyl (C=O) groups excluding carboxylic acids is 1. The van der Waals surface area contributed by atoms with Crippen molar-refractivity contribution >= 4 is 27.1 Å². The van der Waals surface area contributed by atoms with Crippen LogP contribution >= 0.6 is 11.3 Å². The molecule has 1 aromatic carbocycles. The second-order valence-electron chi connectivity index (χ2n) is 9.20. The van der Waals surface area contributed by atoms with Crippen molar-refractivity contribution in [1.29, 1.82) is 0 Å². The highest BCUT2D eigenvalue weighted by molar-refractivity contribution is 7.91. The number of hydrogen-bond donors (Lipinski definition) is 1. The van der Waals surface area contributed by atoms with Crippen LogP contribution < -0.4 is 5.32 Å². The van der Waals surface area contributed by atoms with Gasteiger partial charge in [0.25, 0.3) is 5.91 Å². The van der Waals surface area contributed by atoms with Crippen molar-refractivity contribution in [2.24, 2.45) is 5.92 Å². The number of amides is 1. The Bertz CT molecular complexity index is 1370. The minimum absolute atomic E-state index is 0.0216. The van der Waals surface area contributed by atoms with Crippen molar-refractivity contribution in [3.8, 4) is 0 Å². The molecule has 0 saturated heterocycles. The zero-order chi connectivity index (χ0) is 27.0. The molecule has 12 heteroatoms. The first kappa shape index (κ1) is 27.2. The summed E-state index contributed by atoms with van der Waals surface area (Å²) in [5, 5.41) is 3.18. The fourth-order valence-electron chi connectivity index (χ4n) is 4.31. The minimum atomic E-state index is -4.48. The van der Waals surface area contributed by atoms with Gasteiger partial charge in [0, 0.05) is 30.7 Å². The van der Waals surface area contributed by atoms with Gasteiger partial charge in [-0.05, 0) is 35.2 Å². The Balaban J connectivity index is 1.41. The molecule has 3 heterocycles. The third-order valence-electron chi connectivity index (χ3n) is 6.19. The van der Waals surface area contributed by atoms with Gasteiger partial charge in [0.15, 0.2) is 14.8 Å². The monoisotopic (exact) mass is 552 g/mol. The molecule has 1 aliphatic rings. The molecule has 0 spiro atoms. The highest BCUT2D eigenvalue weighted by Gasteiger charge is 2.37. The van der Waals surface area contributed by atoms with Crippen molar-refractivity contribution in [1.82, 2.24) is 20.2 Å². The van der Waals surface area contributed by atoms with Gasteiger partial charge in [0.05, 0.1) is 22.4 Å². The van der Waals surface area contributed by atoms with E-state index >= 15 is 0 Å². The SMILES string of the molecule is CCS(=O)(=O)c1ccc(CNC(=O)c2nc3c(s2)CN(Cc2ccc(C(F)(F)F)nc2)[C@H]3C(C)C)cc1. The molecule has 2 aromatic heterocycles. The first-order valence-corrected chi connectivity index (χ1v) is 14.2. The van der Waals surface area contributed by atoms with Crippen LogP contribution in [0, 0.1) is 5.92 Å². The molecule has 0 unspecified atom stereocenters. The van der Waals surface area contributed by atoms with Crippen LogP contribution in [0.4, 0.5) is 13.2 Å². The lowest BCUT2D eigenvalue weighted by molar-refractivity contribution is -0.141. The van der Waals surface area contributed by atoms with E-state index in [1.165, 1.54) is 35.7 Å². The zero-order valence-electron chi connectivity index (χ0n) is 20.5. The molecule has 1 aliphatic heterocycles. The number of nitrogens with zero attached hydrogens (tertiary/aromatic N) is 3. The number of thiazole rings is 1. The molecule has 1 amide bonds.